The predicted molar refractivity (Wildman–Crippen MR) is 96.1 cm³/mol. The van der Waals surface area contributed by atoms with Crippen LogP contribution in [0.3, 0.4) is 0 Å². The van der Waals surface area contributed by atoms with Crippen molar-refractivity contribution in [3.63, 3.8) is 0 Å². The number of likely N-dealkylation sites (N-methyl/N-ethyl adjacent to an activating group) is 1. The minimum atomic E-state index is 0.399. The molecule has 0 spiro atoms. The Morgan fingerprint density at radius 3 is 2.52 bits per heavy atom. The van der Waals surface area contributed by atoms with Gasteiger partial charge in [-0.1, -0.05) is 17.7 Å². The van der Waals surface area contributed by atoms with Gasteiger partial charge in [0.25, 0.3) is 5.95 Å². The SMILES string of the molecule is Cc1ccc2c(c1)C=C/C(=C\c1nnc(-n3cnc(C)c3)nn1)N2C. The van der Waals surface area contributed by atoms with E-state index in [-0.39, 0.29) is 0 Å². The molecule has 0 saturated heterocycles. The Balaban J connectivity index is 1.62. The molecule has 1 aliphatic rings. The summed E-state index contributed by atoms with van der Waals surface area (Å²) in [6.07, 6.45) is 9.47. The molecule has 1 aromatic carbocycles. The number of rotatable bonds is 2. The molecular formula is C18H17N7. The van der Waals surface area contributed by atoms with Gasteiger partial charge >= 0.3 is 0 Å². The Kier molecular flexibility index (Phi) is 3.61. The molecule has 25 heavy (non-hydrogen) atoms. The molecule has 0 bridgehead atoms. The molecule has 0 fully saturated rings. The van der Waals surface area contributed by atoms with Crippen LogP contribution in [0.4, 0.5) is 5.69 Å². The fourth-order valence-corrected chi connectivity index (χ4v) is 2.74. The molecule has 0 N–H and O–H groups in total. The molecule has 0 amide bonds. The van der Waals surface area contributed by atoms with Gasteiger partial charge in [0.15, 0.2) is 5.82 Å². The van der Waals surface area contributed by atoms with E-state index in [4.69, 9.17) is 0 Å². The largest absolute Gasteiger partial charge is 0.344 e. The van der Waals surface area contributed by atoms with Crippen molar-refractivity contribution in [1.29, 1.82) is 0 Å². The van der Waals surface area contributed by atoms with Crippen molar-refractivity contribution in [1.82, 2.24) is 29.9 Å². The third kappa shape index (κ3) is 2.91. The maximum absolute atomic E-state index is 4.15. The zero-order chi connectivity index (χ0) is 17.4. The summed E-state index contributed by atoms with van der Waals surface area (Å²) in [4.78, 5) is 6.25. The number of nitrogens with zero attached hydrogens (tertiary/aromatic N) is 7. The van der Waals surface area contributed by atoms with E-state index in [1.807, 2.05) is 32.3 Å². The molecular weight excluding hydrogens is 314 g/mol. The van der Waals surface area contributed by atoms with Crippen LogP contribution < -0.4 is 4.90 Å². The highest BCUT2D eigenvalue weighted by atomic mass is 15.4. The summed E-state index contributed by atoms with van der Waals surface area (Å²) in [5.74, 6) is 0.860. The van der Waals surface area contributed by atoms with Crippen molar-refractivity contribution in [3.8, 4) is 5.95 Å². The molecule has 124 valence electrons. The van der Waals surface area contributed by atoms with Crippen molar-refractivity contribution in [2.45, 2.75) is 13.8 Å². The fraction of sp³-hybridized carbons (Fsp3) is 0.167. The van der Waals surface area contributed by atoms with Crippen LogP contribution in [0.15, 0.2) is 42.5 Å². The smallest absolute Gasteiger partial charge is 0.274 e. The van der Waals surface area contributed by atoms with Gasteiger partial charge in [-0.15, -0.1) is 20.4 Å². The molecule has 7 nitrogen and oxygen atoms in total. The second-order valence-corrected chi connectivity index (χ2v) is 6.00. The molecule has 3 aromatic rings. The number of imidazole rings is 1. The van der Waals surface area contributed by atoms with Gasteiger partial charge in [-0.05, 0) is 37.6 Å². The highest BCUT2D eigenvalue weighted by Gasteiger charge is 2.14. The highest BCUT2D eigenvalue weighted by molar-refractivity contribution is 5.79. The van der Waals surface area contributed by atoms with Gasteiger partial charge in [0.2, 0.25) is 0 Å². The third-order valence-corrected chi connectivity index (χ3v) is 4.07. The van der Waals surface area contributed by atoms with E-state index in [2.05, 4.69) is 61.5 Å². The van der Waals surface area contributed by atoms with E-state index in [1.165, 1.54) is 11.1 Å². The van der Waals surface area contributed by atoms with E-state index in [0.29, 0.717) is 11.8 Å². The average Bonchev–Trinajstić information content (AvgIpc) is 3.04. The first-order chi connectivity index (χ1) is 12.1. The normalized spacial score (nSPS) is 14.8. The molecule has 0 aliphatic carbocycles. The van der Waals surface area contributed by atoms with Crippen LogP contribution in [0.25, 0.3) is 18.1 Å². The van der Waals surface area contributed by atoms with Gasteiger partial charge in [-0.2, -0.15) is 0 Å². The lowest BCUT2D eigenvalue weighted by Gasteiger charge is -2.26. The summed E-state index contributed by atoms with van der Waals surface area (Å²) in [7, 11) is 2.02. The van der Waals surface area contributed by atoms with Crippen molar-refractivity contribution in [2.75, 3.05) is 11.9 Å². The van der Waals surface area contributed by atoms with Gasteiger partial charge in [-0.3, -0.25) is 4.57 Å². The van der Waals surface area contributed by atoms with E-state index in [0.717, 1.165) is 17.1 Å². The van der Waals surface area contributed by atoms with E-state index in [9.17, 15) is 0 Å². The Hall–Kier alpha value is -3.35. The summed E-state index contributed by atoms with van der Waals surface area (Å²) in [6.45, 7) is 3.99. The van der Waals surface area contributed by atoms with Crippen molar-refractivity contribution >= 4 is 17.8 Å². The second kappa shape index (κ2) is 5.94. The monoisotopic (exact) mass is 331 g/mol. The summed E-state index contributed by atoms with van der Waals surface area (Å²) < 4.78 is 1.69. The summed E-state index contributed by atoms with van der Waals surface area (Å²) in [6, 6.07) is 6.39. The molecule has 4 rings (SSSR count). The first-order valence-corrected chi connectivity index (χ1v) is 7.93. The van der Waals surface area contributed by atoms with Gasteiger partial charge < -0.3 is 4.90 Å². The zero-order valence-electron chi connectivity index (χ0n) is 14.2. The summed E-state index contributed by atoms with van der Waals surface area (Å²) in [5, 5.41) is 16.5. The van der Waals surface area contributed by atoms with Crippen LogP contribution in [-0.2, 0) is 0 Å². The first-order valence-electron chi connectivity index (χ1n) is 7.93. The molecule has 7 heteroatoms. The molecule has 1 aliphatic heterocycles. The van der Waals surface area contributed by atoms with Crippen LogP contribution >= 0.6 is 0 Å². The number of allylic oxidation sites excluding steroid dienone is 1. The minimum Gasteiger partial charge on any atom is -0.344 e. The molecule has 0 radical (unpaired) electrons. The van der Waals surface area contributed by atoms with Gasteiger partial charge in [0, 0.05) is 30.7 Å². The minimum absolute atomic E-state index is 0.399. The maximum atomic E-state index is 4.15. The van der Waals surface area contributed by atoms with Gasteiger partial charge in [0.05, 0.1) is 5.69 Å². The number of benzene rings is 1. The van der Waals surface area contributed by atoms with Crippen LogP contribution in [0, 0.1) is 13.8 Å². The van der Waals surface area contributed by atoms with Crippen LogP contribution in [0.1, 0.15) is 22.6 Å². The topological polar surface area (TPSA) is 72.6 Å². The predicted octanol–water partition coefficient (Wildman–Crippen LogP) is 2.57. The molecule has 0 saturated carbocycles. The Labute approximate surface area is 145 Å². The van der Waals surface area contributed by atoms with E-state index in [1.54, 1.807) is 10.9 Å². The third-order valence-electron chi connectivity index (χ3n) is 4.07. The molecule has 0 atom stereocenters. The lowest BCUT2D eigenvalue weighted by Crippen LogP contribution is -2.19. The molecule has 2 aromatic heterocycles. The molecule has 3 heterocycles. The lowest BCUT2D eigenvalue weighted by atomic mass is 10.0. The fourth-order valence-electron chi connectivity index (χ4n) is 2.74. The van der Waals surface area contributed by atoms with Crippen LogP contribution in [-0.4, -0.2) is 37.0 Å². The van der Waals surface area contributed by atoms with Crippen LogP contribution in [0.5, 0.6) is 0 Å². The van der Waals surface area contributed by atoms with Crippen molar-refractivity contribution in [2.24, 2.45) is 0 Å². The quantitative estimate of drug-likeness (QED) is 0.718. The molecule has 0 unspecified atom stereocenters. The number of aryl methyl sites for hydroxylation is 2. The highest BCUT2D eigenvalue weighted by Crippen LogP contribution is 2.30. The average molecular weight is 331 g/mol. The van der Waals surface area contributed by atoms with Crippen molar-refractivity contribution < 1.29 is 0 Å². The van der Waals surface area contributed by atoms with E-state index < -0.39 is 0 Å². The van der Waals surface area contributed by atoms with Gasteiger partial charge in [-0.25, -0.2) is 4.98 Å². The first kappa shape index (κ1) is 15.2. The Bertz CT molecular complexity index is 983. The zero-order valence-corrected chi connectivity index (χ0v) is 14.2. The number of hydrogen-bond donors (Lipinski definition) is 0. The van der Waals surface area contributed by atoms with Crippen LogP contribution in [0.2, 0.25) is 0 Å². The van der Waals surface area contributed by atoms with Gasteiger partial charge in [0.1, 0.15) is 6.33 Å². The second-order valence-electron chi connectivity index (χ2n) is 6.00. The van der Waals surface area contributed by atoms with Crippen molar-refractivity contribution in [3.05, 3.63) is 65.1 Å². The number of hydrogen-bond acceptors (Lipinski definition) is 6. The lowest BCUT2D eigenvalue weighted by molar-refractivity contribution is 0.770. The number of fused-ring (bicyclic) bond motifs is 1. The number of aromatic nitrogens is 6. The summed E-state index contributed by atoms with van der Waals surface area (Å²) >= 11 is 0. The Morgan fingerprint density at radius 2 is 1.80 bits per heavy atom. The Morgan fingerprint density at radius 1 is 1.00 bits per heavy atom. The maximum Gasteiger partial charge on any atom is 0.274 e. The number of anilines is 1. The van der Waals surface area contributed by atoms with E-state index >= 15 is 0 Å². The summed E-state index contributed by atoms with van der Waals surface area (Å²) in [5.41, 5.74) is 5.45. The standard InChI is InChI=1S/C18H17N7/c1-12-4-7-16-14(8-12)5-6-15(24(16)3)9-17-20-22-18(23-21-17)25-10-13(2)19-11-25/h4-11H,1-3H3/b15-9+.